The van der Waals surface area contributed by atoms with Gasteiger partial charge in [0, 0.05) is 5.69 Å². The van der Waals surface area contributed by atoms with Crippen LogP contribution in [-0.2, 0) is 12.4 Å². The third-order valence-corrected chi connectivity index (χ3v) is 3.89. The Bertz CT molecular complexity index is 837. The zero-order valence-corrected chi connectivity index (χ0v) is 12.5. The zero-order valence-electron chi connectivity index (χ0n) is 11.7. The summed E-state index contributed by atoms with van der Waals surface area (Å²) in [6.45, 7) is 0.727. The molecule has 0 fully saturated rings. The Labute approximate surface area is 134 Å². The Morgan fingerprint density at radius 2 is 1.62 bits per heavy atom. The van der Waals surface area contributed by atoms with E-state index in [0.29, 0.717) is 23.7 Å². The first-order valence-electron chi connectivity index (χ1n) is 6.12. The molecule has 2 rings (SSSR count). The number of nitrogens with one attached hydrogen (secondary N) is 2. The molecule has 2 aromatic rings. The van der Waals surface area contributed by atoms with Crippen molar-refractivity contribution in [2.45, 2.75) is 19.3 Å². The number of hydrogen-bond acceptors (Lipinski definition) is 4. The number of H-pyrrole nitrogens is 1. The molecule has 128 valence electrons. The molecule has 0 aliphatic rings. The molecule has 0 spiro atoms. The van der Waals surface area contributed by atoms with E-state index in [1.54, 1.807) is 0 Å². The minimum atomic E-state index is -4.99. The number of rotatable bonds is 2. The molecule has 0 unspecified atom stereocenters. The van der Waals surface area contributed by atoms with Crippen LogP contribution in [0.1, 0.15) is 22.3 Å². The molecule has 1 aromatic heterocycles. The molecule has 0 radical (unpaired) electrons. The van der Waals surface area contributed by atoms with Crippen molar-refractivity contribution >= 4 is 22.2 Å². The van der Waals surface area contributed by atoms with Gasteiger partial charge in [-0.25, -0.2) is 0 Å². The Morgan fingerprint density at radius 3 is 2.04 bits per heavy atom. The van der Waals surface area contributed by atoms with Crippen LogP contribution in [0.2, 0.25) is 0 Å². The van der Waals surface area contributed by atoms with Gasteiger partial charge >= 0.3 is 12.4 Å². The Kier molecular flexibility index (Phi) is 4.36. The van der Waals surface area contributed by atoms with E-state index in [0.717, 1.165) is 6.92 Å². The van der Waals surface area contributed by atoms with Crippen molar-refractivity contribution in [3.05, 3.63) is 44.7 Å². The molecule has 2 N–H and O–H groups in total. The van der Waals surface area contributed by atoms with Crippen molar-refractivity contribution in [1.29, 1.82) is 5.26 Å². The van der Waals surface area contributed by atoms with Crippen LogP contribution in [-0.4, -0.2) is 4.37 Å². The molecule has 1 aromatic carbocycles. The van der Waals surface area contributed by atoms with Crippen LogP contribution in [0.15, 0.2) is 16.9 Å². The van der Waals surface area contributed by atoms with E-state index < -0.39 is 45.9 Å². The van der Waals surface area contributed by atoms with E-state index >= 15 is 0 Å². The van der Waals surface area contributed by atoms with Gasteiger partial charge in [0.05, 0.1) is 11.1 Å². The van der Waals surface area contributed by atoms with Crippen LogP contribution < -0.4 is 10.9 Å². The standard InChI is InChI=1S/C13H7F6N3OS/c1-5-8(12(14,15)16)2-6(3-9(5)13(17,18)19)21-11-7(4-20)10(23)22-24-11/h2-3,21H,1H3,(H,22,23). The fraction of sp³-hybridized carbons (Fsp3) is 0.231. The lowest BCUT2D eigenvalue weighted by Crippen LogP contribution is -2.15. The maximum atomic E-state index is 13.0. The molecule has 0 amide bonds. The summed E-state index contributed by atoms with van der Waals surface area (Å²) in [5, 5.41) is 10.9. The highest BCUT2D eigenvalue weighted by atomic mass is 32.1. The van der Waals surface area contributed by atoms with E-state index in [-0.39, 0.29) is 5.00 Å². The van der Waals surface area contributed by atoms with Gasteiger partial charge in [0.15, 0.2) is 5.56 Å². The highest BCUT2D eigenvalue weighted by Crippen LogP contribution is 2.41. The molecule has 0 saturated heterocycles. The van der Waals surface area contributed by atoms with Gasteiger partial charge in [0.25, 0.3) is 5.56 Å². The summed E-state index contributed by atoms with van der Waals surface area (Å²) in [7, 11) is 0. The highest BCUT2D eigenvalue weighted by Gasteiger charge is 2.40. The minimum absolute atomic E-state index is 0.174. The number of nitriles is 1. The first-order valence-corrected chi connectivity index (χ1v) is 6.94. The second-order valence-corrected chi connectivity index (χ2v) is 5.48. The van der Waals surface area contributed by atoms with Gasteiger partial charge < -0.3 is 5.32 Å². The van der Waals surface area contributed by atoms with E-state index in [1.165, 1.54) is 6.07 Å². The summed E-state index contributed by atoms with van der Waals surface area (Å²) < 4.78 is 80.1. The van der Waals surface area contributed by atoms with Crippen LogP contribution in [0, 0.1) is 18.3 Å². The summed E-state index contributed by atoms with van der Waals surface area (Å²) >= 11 is 0.593. The van der Waals surface area contributed by atoms with Gasteiger partial charge in [-0.1, -0.05) is 0 Å². The summed E-state index contributed by atoms with van der Waals surface area (Å²) in [6, 6.07) is 2.52. The van der Waals surface area contributed by atoms with Gasteiger partial charge in [0.1, 0.15) is 11.1 Å². The van der Waals surface area contributed by atoms with Crippen LogP contribution in [0.25, 0.3) is 0 Å². The topological polar surface area (TPSA) is 68.7 Å². The van der Waals surface area contributed by atoms with Gasteiger partial charge in [0.2, 0.25) is 0 Å². The number of halogens is 6. The average Bonchev–Trinajstić information content (AvgIpc) is 2.78. The van der Waals surface area contributed by atoms with E-state index in [9.17, 15) is 31.1 Å². The lowest BCUT2D eigenvalue weighted by atomic mass is 10.00. The molecule has 11 heteroatoms. The van der Waals surface area contributed by atoms with Gasteiger partial charge in [-0.15, -0.1) is 0 Å². The third kappa shape index (κ3) is 3.38. The minimum Gasteiger partial charge on any atom is -0.345 e. The predicted molar refractivity (Wildman–Crippen MR) is 74.1 cm³/mol. The lowest BCUT2D eigenvalue weighted by molar-refractivity contribution is -0.143. The van der Waals surface area contributed by atoms with Crippen molar-refractivity contribution in [2.24, 2.45) is 0 Å². The van der Waals surface area contributed by atoms with Crippen molar-refractivity contribution in [3.63, 3.8) is 0 Å². The number of anilines is 2. The highest BCUT2D eigenvalue weighted by molar-refractivity contribution is 7.10. The lowest BCUT2D eigenvalue weighted by Gasteiger charge is -2.18. The Balaban J connectivity index is 2.63. The molecule has 4 nitrogen and oxygen atoms in total. The molecule has 0 saturated carbocycles. The largest absolute Gasteiger partial charge is 0.416 e. The molecule has 24 heavy (non-hydrogen) atoms. The van der Waals surface area contributed by atoms with Crippen LogP contribution in [0.5, 0.6) is 0 Å². The van der Waals surface area contributed by atoms with E-state index in [4.69, 9.17) is 5.26 Å². The number of aromatic nitrogens is 1. The smallest absolute Gasteiger partial charge is 0.345 e. The normalized spacial score (nSPS) is 12.1. The number of alkyl halides is 6. The number of hydrogen-bond donors (Lipinski definition) is 2. The number of nitrogens with zero attached hydrogens (tertiary/aromatic N) is 1. The number of aromatic amines is 1. The van der Waals surface area contributed by atoms with E-state index in [1.807, 2.05) is 0 Å². The van der Waals surface area contributed by atoms with Crippen molar-refractivity contribution in [1.82, 2.24) is 4.37 Å². The van der Waals surface area contributed by atoms with Gasteiger partial charge in [-0.05, 0) is 36.2 Å². The summed E-state index contributed by atoms with van der Waals surface area (Å²) in [5.41, 5.74) is -5.62. The second kappa shape index (κ2) is 5.86. The third-order valence-electron chi connectivity index (χ3n) is 3.09. The summed E-state index contributed by atoms with van der Waals surface area (Å²) in [4.78, 5) is 11.3. The molecule has 0 aliphatic carbocycles. The Morgan fingerprint density at radius 1 is 1.12 bits per heavy atom. The maximum absolute atomic E-state index is 13.0. The van der Waals surface area contributed by atoms with Crippen LogP contribution in [0.3, 0.4) is 0 Å². The van der Waals surface area contributed by atoms with Gasteiger partial charge in [-0.3, -0.25) is 9.17 Å². The fourth-order valence-electron chi connectivity index (χ4n) is 2.00. The fourth-order valence-corrected chi connectivity index (χ4v) is 2.70. The molecule has 0 atom stereocenters. The van der Waals surface area contributed by atoms with Crippen molar-refractivity contribution in [2.75, 3.05) is 5.32 Å². The average molecular weight is 367 g/mol. The van der Waals surface area contributed by atoms with Gasteiger partial charge in [-0.2, -0.15) is 31.6 Å². The van der Waals surface area contributed by atoms with E-state index in [2.05, 4.69) is 9.69 Å². The zero-order chi connectivity index (χ0) is 18.3. The number of benzene rings is 1. The summed E-state index contributed by atoms with van der Waals surface area (Å²) in [6.07, 6.45) is -9.99. The molecule has 0 aliphatic heterocycles. The SMILES string of the molecule is Cc1c(C(F)(F)F)cc(Nc2s[nH]c(=O)c2C#N)cc1C(F)(F)F. The van der Waals surface area contributed by atoms with Crippen LogP contribution in [0.4, 0.5) is 37.0 Å². The van der Waals surface area contributed by atoms with Crippen molar-refractivity contribution in [3.8, 4) is 6.07 Å². The first-order chi connectivity index (χ1) is 10.9. The van der Waals surface area contributed by atoms with Crippen molar-refractivity contribution < 1.29 is 26.3 Å². The summed E-state index contributed by atoms with van der Waals surface area (Å²) in [5.74, 6) is 0. The van der Waals surface area contributed by atoms with Crippen LogP contribution >= 0.6 is 11.5 Å². The Hall–Kier alpha value is -2.48. The molecule has 1 heterocycles. The molecular formula is C13H7F6N3OS. The molecular weight excluding hydrogens is 360 g/mol. The first kappa shape index (κ1) is 17.9. The maximum Gasteiger partial charge on any atom is 0.416 e. The monoisotopic (exact) mass is 367 g/mol. The molecule has 0 bridgehead atoms. The quantitative estimate of drug-likeness (QED) is 0.773. The second-order valence-electron chi connectivity index (χ2n) is 4.67. The predicted octanol–water partition coefficient (Wildman–Crippen LogP) is 4.40.